The number of nitrogen functional groups attached to an aromatic ring is 1. The standard InChI is InChI=1S/C11H15N5O2S/c1-3-18-11(17)7-8(12)16-19-10(7)15-6(2)9-13-4-5-14-9/h4-6,15H,3H2,1-2H3,(H2,12,16)(H,13,14). The number of carbonyl (C=O) groups excluding carboxylic acids is 1. The predicted octanol–water partition coefficient (Wildman–Crippen LogP) is 1.80. The van der Waals surface area contributed by atoms with Gasteiger partial charge in [0.2, 0.25) is 0 Å². The zero-order valence-corrected chi connectivity index (χ0v) is 11.5. The fourth-order valence-electron chi connectivity index (χ4n) is 1.58. The van der Waals surface area contributed by atoms with E-state index < -0.39 is 5.97 Å². The number of nitrogens with zero attached hydrogens (tertiary/aromatic N) is 2. The number of imidazole rings is 1. The van der Waals surface area contributed by atoms with E-state index >= 15 is 0 Å². The van der Waals surface area contributed by atoms with E-state index in [1.807, 2.05) is 6.92 Å². The van der Waals surface area contributed by atoms with Crippen LogP contribution in [0.3, 0.4) is 0 Å². The number of aromatic amines is 1. The summed E-state index contributed by atoms with van der Waals surface area (Å²) in [5.74, 6) is 0.474. The van der Waals surface area contributed by atoms with Crippen molar-refractivity contribution in [3.8, 4) is 0 Å². The lowest BCUT2D eigenvalue weighted by atomic mass is 10.2. The van der Waals surface area contributed by atoms with Gasteiger partial charge in [-0.05, 0) is 25.4 Å². The number of aromatic nitrogens is 3. The van der Waals surface area contributed by atoms with Crippen LogP contribution in [0.1, 0.15) is 36.1 Å². The minimum atomic E-state index is -0.470. The van der Waals surface area contributed by atoms with E-state index in [0.717, 1.165) is 17.4 Å². The maximum Gasteiger partial charge on any atom is 0.344 e. The van der Waals surface area contributed by atoms with E-state index in [-0.39, 0.29) is 17.4 Å². The molecular weight excluding hydrogens is 266 g/mol. The van der Waals surface area contributed by atoms with Gasteiger partial charge in [-0.25, -0.2) is 9.78 Å². The first-order chi connectivity index (χ1) is 9.13. The molecule has 1 atom stereocenters. The van der Waals surface area contributed by atoms with Crippen molar-refractivity contribution in [1.29, 1.82) is 0 Å². The maximum absolute atomic E-state index is 11.8. The van der Waals surface area contributed by atoms with E-state index in [2.05, 4.69) is 19.7 Å². The summed E-state index contributed by atoms with van der Waals surface area (Å²) in [6, 6.07) is -0.0944. The van der Waals surface area contributed by atoms with Crippen LogP contribution in [0.5, 0.6) is 0 Å². The van der Waals surface area contributed by atoms with Gasteiger partial charge >= 0.3 is 5.97 Å². The zero-order valence-electron chi connectivity index (χ0n) is 10.6. The highest BCUT2D eigenvalue weighted by Crippen LogP contribution is 2.30. The molecule has 0 aliphatic heterocycles. The quantitative estimate of drug-likeness (QED) is 0.721. The van der Waals surface area contributed by atoms with Crippen LogP contribution in [0.25, 0.3) is 0 Å². The summed E-state index contributed by atoms with van der Waals surface area (Å²) in [7, 11) is 0. The summed E-state index contributed by atoms with van der Waals surface area (Å²) in [6.45, 7) is 3.96. The number of H-pyrrole nitrogens is 1. The highest BCUT2D eigenvalue weighted by Gasteiger charge is 2.22. The molecule has 0 aromatic carbocycles. The van der Waals surface area contributed by atoms with Crippen molar-refractivity contribution in [3.63, 3.8) is 0 Å². The largest absolute Gasteiger partial charge is 0.462 e. The smallest absolute Gasteiger partial charge is 0.344 e. The molecular formula is C11H15N5O2S. The Morgan fingerprint density at radius 1 is 1.68 bits per heavy atom. The van der Waals surface area contributed by atoms with Gasteiger partial charge in [0, 0.05) is 12.4 Å². The molecule has 0 radical (unpaired) electrons. The van der Waals surface area contributed by atoms with Crippen molar-refractivity contribution >= 4 is 28.3 Å². The second-order valence-electron chi connectivity index (χ2n) is 3.83. The minimum Gasteiger partial charge on any atom is -0.462 e. The van der Waals surface area contributed by atoms with Gasteiger partial charge in [-0.1, -0.05) is 0 Å². The topological polar surface area (TPSA) is 106 Å². The number of rotatable bonds is 5. The van der Waals surface area contributed by atoms with Gasteiger partial charge < -0.3 is 20.8 Å². The summed E-state index contributed by atoms with van der Waals surface area (Å²) in [5.41, 5.74) is 5.98. The lowest BCUT2D eigenvalue weighted by molar-refractivity contribution is 0.0529. The first-order valence-electron chi connectivity index (χ1n) is 5.81. The molecule has 1 unspecified atom stereocenters. The van der Waals surface area contributed by atoms with E-state index in [1.54, 1.807) is 19.3 Å². The number of nitrogens with one attached hydrogen (secondary N) is 2. The second-order valence-corrected chi connectivity index (χ2v) is 4.61. The molecule has 102 valence electrons. The Bertz CT molecular complexity index is 551. The van der Waals surface area contributed by atoms with Crippen molar-refractivity contribution in [2.24, 2.45) is 0 Å². The second kappa shape index (κ2) is 5.70. The summed E-state index contributed by atoms with van der Waals surface area (Å²) >= 11 is 1.13. The molecule has 0 bridgehead atoms. The Balaban J connectivity index is 2.19. The van der Waals surface area contributed by atoms with Crippen LogP contribution in [0.2, 0.25) is 0 Å². The van der Waals surface area contributed by atoms with Gasteiger partial charge in [-0.2, -0.15) is 4.37 Å². The van der Waals surface area contributed by atoms with Gasteiger partial charge in [0.05, 0.1) is 12.6 Å². The van der Waals surface area contributed by atoms with Crippen molar-refractivity contribution in [2.45, 2.75) is 19.9 Å². The first kappa shape index (κ1) is 13.3. The summed E-state index contributed by atoms with van der Waals surface area (Å²) in [4.78, 5) is 19.0. The Hall–Kier alpha value is -2.09. The third kappa shape index (κ3) is 2.84. The van der Waals surface area contributed by atoms with Crippen LogP contribution in [0.15, 0.2) is 12.4 Å². The van der Waals surface area contributed by atoms with Crippen molar-refractivity contribution in [2.75, 3.05) is 17.7 Å². The lowest BCUT2D eigenvalue weighted by Crippen LogP contribution is -2.13. The molecule has 4 N–H and O–H groups in total. The molecule has 2 heterocycles. The highest BCUT2D eigenvalue weighted by molar-refractivity contribution is 7.11. The van der Waals surface area contributed by atoms with Crippen LogP contribution >= 0.6 is 11.5 Å². The molecule has 0 saturated carbocycles. The number of hydrogen-bond donors (Lipinski definition) is 3. The van der Waals surface area contributed by atoms with Crippen LogP contribution in [-0.4, -0.2) is 26.9 Å². The molecule has 0 aliphatic rings. The number of hydrogen-bond acceptors (Lipinski definition) is 7. The number of nitrogens with two attached hydrogens (primary N) is 1. The van der Waals surface area contributed by atoms with Gasteiger partial charge in [0.25, 0.3) is 0 Å². The first-order valence-corrected chi connectivity index (χ1v) is 6.58. The zero-order chi connectivity index (χ0) is 13.8. The van der Waals surface area contributed by atoms with Gasteiger partial charge in [0.15, 0.2) is 5.82 Å². The number of ether oxygens (including phenoxy) is 1. The van der Waals surface area contributed by atoms with Crippen molar-refractivity contribution in [1.82, 2.24) is 14.3 Å². The van der Waals surface area contributed by atoms with E-state index in [0.29, 0.717) is 11.6 Å². The molecule has 0 saturated heterocycles. The molecule has 2 rings (SSSR count). The summed E-state index contributed by atoms with van der Waals surface area (Å²) in [6.07, 6.45) is 3.40. The van der Waals surface area contributed by atoms with Gasteiger partial charge in [-0.15, -0.1) is 0 Å². The van der Waals surface area contributed by atoms with Gasteiger partial charge in [-0.3, -0.25) is 0 Å². The third-order valence-corrected chi connectivity index (χ3v) is 3.27. The highest BCUT2D eigenvalue weighted by atomic mass is 32.1. The number of anilines is 2. The van der Waals surface area contributed by atoms with Crippen molar-refractivity contribution in [3.05, 3.63) is 23.8 Å². The van der Waals surface area contributed by atoms with Crippen LogP contribution in [0, 0.1) is 0 Å². The molecule has 8 heteroatoms. The van der Waals surface area contributed by atoms with E-state index in [4.69, 9.17) is 10.5 Å². The molecule has 2 aromatic heterocycles. The van der Waals surface area contributed by atoms with Crippen LogP contribution in [-0.2, 0) is 4.74 Å². The fourth-order valence-corrected chi connectivity index (χ4v) is 2.37. The van der Waals surface area contributed by atoms with E-state index in [1.165, 1.54) is 0 Å². The monoisotopic (exact) mass is 281 g/mol. The number of esters is 1. The Morgan fingerprint density at radius 2 is 2.47 bits per heavy atom. The Kier molecular flexibility index (Phi) is 4.00. The average molecular weight is 281 g/mol. The molecule has 0 fully saturated rings. The van der Waals surface area contributed by atoms with Crippen molar-refractivity contribution < 1.29 is 9.53 Å². The molecule has 2 aromatic rings. The minimum absolute atomic E-state index is 0.0944. The SMILES string of the molecule is CCOC(=O)c1c(N)nsc1NC(C)c1ncc[nH]1. The molecule has 0 spiro atoms. The predicted molar refractivity (Wildman–Crippen MR) is 73.1 cm³/mol. The third-order valence-electron chi connectivity index (χ3n) is 2.48. The van der Waals surface area contributed by atoms with Crippen LogP contribution in [0.4, 0.5) is 10.8 Å². The number of carbonyl (C=O) groups is 1. The molecule has 19 heavy (non-hydrogen) atoms. The fraction of sp³-hybridized carbons (Fsp3) is 0.364. The lowest BCUT2D eigenvalue weighted by Gasteiger charge is -2.12. The Morgan fingerprint density at radius 3 is 3.11 bits per heavy atom. The maximum atomic E-state index is 11.8. The molecule has 0 aliphatic carbocycles. The average Bonchev–Trinajstić information content (AvgIpc) is 2.99. The summed E-state index contributed by atoms with van der Waals surface area (Å²) in [5, 5.41) is 3.74. The molecule has 7 nitrogen and oxygen atoms in total. The summed E-state index contributed by atoms with van der Waals surface area (Å²) < 4.78 is 8.94. The van der Waals surface area contributed by atoms with E-state index in [9.17, 15) is 4.79 Å². The Labute approximate surface area is 114 Å². The van der Waals surface area contributed by atoms with Gasteiger partial charge in [0.1, 0.15) is 16.4 Å². The normalized spacial score (nSPS) is 12.1. The molecule has 0 amide bonds. The van der Waals surface area contributed by atoms with Crippen LogP contribution < -0.4 is 11.1 Å².